The second-order valence-corrected chi connectivity index (χ2v) is 7.95. The summed E-state index contributed by atoms with van der Waals surface area (Å²) in [5.74, 6) is 0.0220. The number of fused-ring (bicyclic) bond motifs is 1. The average Bonchev–Trinajstić information content (AvgIpc) is 2.58. The fraction of sp³-hybridized carbons (Fsp3) is 0.333. The van der Waals surface area contributed by atoms with Gasteiger partial charge in [-0.1, -0.05) is 24.3 Å². The van der Waals surface area contributed by atoms with Gasteiger partial charge in [-0.05, 0) is 48.7 Å². The number of sulfone groups is 1. The second kappa shape index (κ2) is 6.91. The molecule has 1 unspecified atom stereocenters. The van der Waals surface area contributed by atoms with Gasteiger partial charge in [0.1, 0.15) is 0 Å². The molecule has 1 aliphatic heterocycles. The van der Waals surface area contributed by atoms with Gasteiger partial charge in [-0.25, -0.2) is 12.8 Å². The van der Waals surface area contributed by atoms with Crippen LogP contribution in [0.25, 0.3) is 0 Å². The average molecular weight is 349 g/mol. The van der Waals surface area contributed by atoms with E-state index in [-0.39, 0.29) is 23.4 Å². The Bertz CT molecular complexity index is 836. The molecule has 0 saturated carbocycles. The van der Waals surface area contributed by atoms with E-state index in [9.17, 15) is 12.8 Å². The van der Waals surface area contributed by atoms with Crippen molar-refractivity contribution >= 4 is 9.84 Å². The molecule has 128 valence electrons. The number of nitrogens with one attached hydrogen (secondary N) is 1. The Balaban J connectivity index is 1.68. The summed E-state index contributed by atoms with van der Waals surface area (Å²) in [5.41, 5.74) is 1.80. The van der Waals surface area contributed by atoms with Crippen molar-refractivity contribution in [2.45, 2.75) is 23.8 Å². The summed E-state index contributed by atoms with van der Waals surface area (Å²) < 4.78 is 42.7. The van der Waals surface area contributed by atoms with Gasteiger partial charge in [0.05, 0.1) is 17.8 Å². The highest BCUT2D eigenvalue weighted by molar-refractivity contribution is 7.91. The lowest BCUT2D eigenvalue weighted by Crippen LogP contribution is -2.31. The third-order valence-electron chi connectivity index (χ3n) is 4.32. The van der Waals surface area contributed by atoms with Gasteiger partial charge in [-0.15, -0.1) is 0 Å². The van der Waals surface area contributed by atoms with E-state index in [1.54, 1.807) is 24.3 Å². The number of methoxy groups -OCH3 is 1. The van der Waals surface area contributed by atoms with Gasteiger partial charge in [-0.2, -0.15) is 0 Å². The van der Waals surface area contributed by atoms with Crippen LogP contribution < -0.4 is 10.1 Å². The van der Waals surface area contributed by atoms with Crippen LogP contribution in [0.3, 0.4) is 0 Å². The molecule has 6 heteroatoms. The summed E-state index contributed by atoms with van der Waals surface area (Å²) in [7, 11) is -1.72. The van der Waals surface area contributed by atoms with Gasteiger partial charge in [0.15, 0.2) is 21.4 Å². The largest absolute Gasteiger partial charge is 0.494 e. The zero-order chi connectivity index (χ0) is 17.2. The molecule has 0 saturated heterocycles. The van der Waals surface area contributed by atoms with Crippen LogP contribution in [0, 0.1) is 5.82 Å². The van der Waals surface area contributed by atoms with E-state index in [1.807, 2.05) is 12.1 Å². The summed E-state index contributed by atoms with van der Waals surface area (Å²) in [6, 6.07) is 12.0. The molecule has 1 atom stereocenters. The highest BCUT2D eigenvalue weighted by Gasteiger charge is 2.29. The topological polar surface area (TPSA) is 55.4 Å². The maximum Gasteiger partial charge on any atom is 0.178 e. The predicted octanol–water partition coefficient (Wildman–Crippen LogP) is 2.89. The van der Waals surface area contributed by atoms with Crippen LogP contribution in [0.1, 0.15) is 23.6 Å². The van der Waals surface area contributed by atoms with Crippen LogP contribution in [0.5, 0.6) is 5.75 Å². The highest BCUT2D eigenvalue weighted by atomic mass is 32.2. The highest BCUT2D eigenvalue weighted by Crippen LogP contribution is 2.31. The first-order valence-electron chi connectivity index (χ1n) is 7.89. The molecule has 24 heavy (non-hydrogen) atoms. The maximum atomic E-state index is 13.4. The summed E-state index contributed by atoms with van der Waals surface area (Å²) in [4.78, 5) is 0.428. The van der Waals surface area contributed by atoms with Crippen molar-refractivity contribution in [2.75, 3.05) is 19.4 Å². The molecular weight excluding hydrogens is 329 g/mol. The van der Waals surface area contributed by atoms with Crippen molar-refractivity contribution < 1.29 is 17.5 Å². The van der Waals surface area contributed by atoms with Gasteiger partial charge in [0.25, 0.3) is 0 Å². The lowest BCUT2D eigenvalue weighted by Gasteiger charge is -2.26. The van der Waals surface area contributed by atoms with Crippen molar-refractivity contribution in [2.24, 2.45) is 0 Å². The lowest BCUT2D eigenvalue weighted by atomic mass is 10.0. The van der Waals surface area contributed by atoms with Crippen molar-refractivity contribution in [3.8, 4) is 5.75 Å². The van der Waals surface area contributed by atoms with Crippen molar-refractivity contribution in [1.82, 2.24) is 5.32 Å². The normalized spacial score (nSPS) is 18.8. The molecule has 0 aromatic heterocycles. The van der Waals surface area contributed by atoms with Gasteiger partial charge >= 0.3 is 0 Å². The van der Waals surface area contributed by atoms with Crippen LogP contribution in [0.15, 0.2) is 47.4 Å². The molecule has 0 radical (unpaired) electrons. The van der Waals surface area contributed by atoms with E-state index in [0.717, 1.165) is 11.1 Å². The Morgan fingerprint density at radius 3 is 2.83 bits per heavy atom. The van der Waals surface area contributed by atoms with Gasteiger partial charge in [-0.3, -0.25) is 0 Å². The molecule has 2 aromatic rings. The number of ether oxygens (including phenoxy) is 1. The molecular formula is C18H20FNO3S. The van der Waals surface area contributed by atoms with Crippen LogP contribution in [0.4, 0.5) is 4.39 Å². The fourth-order valence-corrected chi connectivity index (χ4v) is 4.67. The van der Waals surface area contributed by atoms with E-state index < -0.39 is 9.84 Å². The molecule has 1 heterocycles. The standard InChI is InChI=1S/C18H20FNO3S/c1-23-17-12-13(6-7-15(17)19)8-10-20-16-9-11-24(21,22)18-5-3-2-4-14(16)18/h2-7,12,16,20H,8-11H2,1H3. The molecule has 0 bridgehead atoms. The van der Waals surface area contributed by atoms with Crippen molar-refractivity contribution in [3.63, 3.8) is 0 Å². The first-order chi connectivity index (χ1) is 11.5. The number of halogens is 1. The van der Waals surface area contributed by atoms with Gasteiger partial charge in [0, 0.05) is 6.04 Å². The molecule has 1 aliphatic rings. The minimum Gasteiger partial charge on any atom is -0.494 e. The van der Waals surface area contributed by atoms with E-state index in [2.05, 4.69) is 5.32 Å². The molecule has 0 aliphatic carbocycles. The molecule has 3 rings (SSSR count). The summed E-state index contributed by atoms with van der Waals surface area (Å²) in [6.45, 7) is 0.674. The number of hydrogen-bond acceptors (Lipinski definition) is 4. The van der Waals surface area contributed by atoms with E-state index in [1.165, 1.54) is 13.2 Å². The van der Waals surface area contributed by atoms with Gasteiger partial charge in [0.2, 0.25) is 0 Å². The third-order valence-corrected chi connectivity index (χ3v) is 6.14. The number of benzene rings is 2. The molecule has 2 aromatic carbocycles. The second-order valence-electron chi connectivity index (χ2n) is 5.87. The molecule has 0 spiro atoms. The van der Waals surface area contributed by atoms with Crippen LogP contribution in [-0.2, 0) is 16.3 Å². The first kappa shape index (κ1) is 16.9. The summed E-state index contributed by atoms with van der Waals surface area (Å²) in [6.07, 6.45) is 1.27. The Hall–Kier alpha value is -1.92. The summed E-state index contributed by atoms with van der Waals surface area (Å²) >= 11 is 0. The zero-order valence-corrected chi connectivity index (χ0v) is 14.3. The van der Waals surface area contributed by atoms with Crippen LogP contribution in [-0.4, -0.2) is 27.8 Å². The first-order valence-corrected chi connectivity index (χ1v) is 9.54. The Morgan fingerprint density at radius 2 is 2.04 bits per heavy atom. The number of hydrogen-bond donors (Lipinski definition) is 1. The van der Waals surface area contributed by atoms with Crippen molar-refractivity contribution in [1.29, 1.82) is 0 Å². The van der Waals surface area contributed by atoms with Gasteiger partial charge < -0.3 is 10.1 Å². The third kappa shape index (κ3) is 3.44. The van der Waals surface area contributed by atoms with E-state index in [4.69, 9.17) is 4.74 Å². The Kier molecular flexibility index (Phi) is 4.87. The smallest absolute Gasteiger partial charge is 0.178 e. The zero-order valence-electron chi connectivity index (χ0n) is 13.5. The molecule has 1 N–H and O–H groups in total. The van der Waals surface area contributed by atoms with E-state index in [0.29, 0.717) is 24.3 Å². The SMILES string of the molecule is COc1cc(CCNC2CCS(=O)(=O)c3ccccc32)ccc1F. The monoisotopic (exact) mass is 349 g/mol. The van der Waals surface area contributed by atoms with Crippen LogP contribution >= 0.6 is 0 Å². The Morgan fingerprint density at radius 1 is 1.25 bits per heavy atom. The van der Waals surface area contributed by atoms with Crippen molar-refractivity contribution in [3.05, 3.63) is 59.4 Å². The Labute approximate surface area is 141 Å². The molecule has 0 amide bonds. The lowest BCUT2D eigenvalue weighted by molar-refractivity contribution is 0.386. The minimum atomic E-state index is -3.16. The quantitative estimate of drug-likeness (QED) is 0.902. The minimum absolute atomic E-state index is 0.0204. The summed E-state index contributed by atoms with van der Waals surface area (Å²) in [5, 5.41) is 3.42. The molecule has 4 nitrogen and oxygen atoms in total. The number of rotatable bonds is 5. The maximum absolute atomic E-state index is 13.4. The van der Waals surface area contributed by atoms with Crippen LogP contribution in [0.2, 0.25) is 0 Å². The van der Waals surface area contributed by atoms with E-state index >= 15 is 0 Å². The molecule has 0 fully saturated rings. The predicted molar refractivity (Wildman–Crippen MR) is 90.5 cm³/mol. The fourth-order valence-electron chi connectivity index (χ4n) is 3.05.